The molecule has 11 heteroatoms. The van der Waals surface area contributed by atoms with E-state index in [2.05, 4.69) is 16.0 Å². The summed E-state index contributed by atoms with van der Waals surface area (Å²) in [5.74, 6) is -2.30. The first-order valence-electron chi connectivity index (χ1n) is 11.0. The number of amides is 2. The molecule has 8 nitrogen and oxygen atoms in total. The van der Waals surface area contributed by atoms with Crippen molar-refractivity contribution in [3.63, 3.8) is 0 Å². The van der Waals surface area contributed by atoms with Crippen LogP contribution in [0.2, 0.25) is 0 Å². The Bertz CT molecular complexity index is 881. The minimum absolute atomic E-state index is 0.0790. The van der Waals surface area contributed by atoms with E-state index >= 15 is 0 Å². The molecule has 2 aliphatic heterocycles. The Hall–Kier alpha value is -3.08. The summed E-state index contributed by atoms with van der Waals surface area (Å²) >= 11 is 0. The first-order valence-corrected chi connectivity index (χ1v) is 11.0. The minimum atomic E-state index is -5.08. The summed E-state index contributed by atoms with van der Waals surface area (Å²) < 4.78 is 37.5. The molecule has 0 saturated carbocycles. The van der Waals surface area contributed by atoms with Crippen molar-refractivity contribution in [2.75, 3.05) is 26.2 Å². The van der Waals surface area contributed by atoms with E-state index in [1.807, 2.05) is 31.2 Å². The highest BCUT2D eigenvalue weighted by atomic mass is 19.4. The van der Waals surface area contributed by atoms with Gasteiger partial charge in [-0.05, 0) is 57.8 Å². The maximum absolute atomic E-state index is 13.0. The fourth-order valence-corrected chi connectivity index (χ4v) is 3.73. The van der Waals surface area contributed by atoms with Crippen LogP contribution >= 0.6 is 0 Å². The lowest BCUT2D eigenvalue weighted by molar-refractivity contribution is -0.192. The van der Waals surface area contributed by atoms with Gasteiger partial charge in [-0.15, -0.1) is 0 Å². The molecule has 1 spiro atoms. The van der Waals surface area contributed by atoms with Gasteiger partial charge < -0.3 is 25.8 Å². The summed E-state index contributed by atoms with van der Waals surface area (Å²) in [5, 5.41) is 16.5. The van der Waals surface area contributed by atoms with Gasteiger partial charge in [0.2, 0.25) is 5.91 Å². The fraction of sp³-hybridized carbons (Fsp3) is 0.522. The third-order valence-electron chi connectivity index (χ3n) is 5.60. The lowest BCUT2D eigenvalue weighted by Crippen LogP contribution is -2.47. The van der Waals surface area contributed by atoms with Gasteiger partial charge in [0.1, 0.15) is 12.4 Å². The van der Waals surface area contributed by atoms with E-state index in [0.717, 1.165) is 32.4 Å². The average Bonchev–Trinajstić information content (AvgIpc) is 3.03. The van der Waals surface area contributed by atoms with Gasteiger partial charge in [0.25, 0.3) is 5.91 Å². The van der Waals surface area contributed by atoms with Crippen molar-refractivity contribution in [3.05, 3.63) is 42.0 Å². The zero-order chi connectivity index (χ0) is 25.2. The Morgan fingerprint density at radius 1 is 1.15 bits per heavy atom. The number of carboxylic acids is 1. The number of fused-ring (bicyclic) bond motifs is 1. The van der Waals surface area contributed by atoms with Crippen LogP contribution < -0.4 is 20.7 Å². The van der Waals surface area contributed by atoms with Crippen LogP contribution in [0.5, 0.6) is 5.75 Å². The fourth-order valence-electron chi connectivity index (χ4n) is 3.73. The number of nitrogens with one attached hydrogen (secondary N) is 3. The van der Waals surface area contributed by atoms with Crippen LogP contribution in [0.4, 0.5) is 13.2 Å². The standard InChI is InChI=1S/C21H29N3O3.C2HF3O2/c1-16-15-23-20(26)21(10-6-12-22-13-11-21)9-4-5-14-27-18-8-3-2-7-17(18)19(25)24-16;3-2(4,5)1(6)7/h2-5,7-8,16,22H,6,9-15H2,1H3,(H,23,26)(H,24,25);(H,6,7)/b5-4+;/t16-,21?;/m0./s1. The highest BCUT2D eigenvalue weighted by molar-refractivity contribution is 5.97. The Kier molecular flexibility index (Phi) is 9.91. The number of aliphatic carboxylic acids is 1. The quantitative estimate of drug-likeness (QED) is 0.420. The molecule has 0 aromatic heterocycles. The van der Waals surface area contributed by atoms with Gasteiger partial charge in [-0.25, -0.2) is 4.79 Å². The van der Waals surface area contributed by atoms with Crippen molar-refractivity contribution in [2.45, 2.75) is 44.8 Å². The molecule has 2 heterocycles. The van der Waals surface area contributed by atoms with Crippen LogP contribution in [0.25, 0.3) is 0 Å². The summed E-state index contributed by atoms with van der Waals surface area (Å²) in [7, 11) is 0. The van der Waals surface area contributed by atoms with Crippen LogP contribution in [-0.2, 0) is 9.59 Å². The zero-order valence-corrected chi connectivity index (χ0v) is 18.9. The molecular weight excluding hydrogens is 455 g/mol. The number of carboxylic acid groups (broad SMARTS) is 1. The maximum atomic E-state index is 13.0. The second-order valence-corrected chi connectivity index (χ2v) is 8.25. The molecular formula is C23H30F3N3O5. The van der Waals surface area contributed by atoms with E-state index in [4.69, 9.17) is 14.6 Å². The number of halogens is 3. The number of hydrogen-bond acceptors (Lipinski definition) is 5. The molecule has 34 heavy (non-hydrogen) atoms. The number of para-hydroxylation sites is 1. The molecule has 4 N–H and O–H groups in total. The van der Waals surface area contributed by atoms with Gasteiger partial charge >= 0.3 is 12.1 Å². The third kappa shape index (κ3) is 8.05. The Balaban J connectivity index is 0.000000509. The van der Waals surface area contributed by atoms with Crippen molar-refractivity contribution in [1.29, 1.82) is 0 Å². The smallest absolute Gasteiger partial charge is 0.489 e. The molecule has 2 aliphatic rings. The zero-order valence-electron chi connectivity index (χ0n) is 18.9. The monoisotopic (exact) mass is 485 g/mol. The van der Waals surface area contributed by atoms with E-state index in [1.165, 1.54) is 0 Å². The summed E-state index contributed by atoms with van der Waals surface area (Å²) in [6.45, 7) is 4.47. The first kappa shape index (κ1) is 27.2. The van der Waals surface area contributed by atoms with Crippen LogP contribution in [-0.4, -0.2) is 61.3 Å². The van der Waals surface area contributed by atoms with E-state index in [-0.39, 0.29) is 17.9 Å². The average molecular weight is 486 g/mol. The van der Waals surface area contributed by atoms with Gasteiger partial charge in [0.05, 0.1) is 11.0 Å². The van der Waals surface area contributed by atoms with Crippen molar-refractivity contribution in [3.8, 4) is 5.75 Å². The van der Waals surface area contributed by atoms with Crippen LogP contribution in [0.1, 0.15) is 43.0 Å². The van der Waals surface area contributed by atoms with Crippen LogP contribution in [0, 0.1) is 5.41 Å². The van der Waals surface area contributed by atoms with Crippen LogP contribution in [0.15, 0.2) is 36.4 Å². The number of ether oxygens (including phenoxy) is 1. The molecule has 1 aromatic carbocycles. The Morgan fingerprint density at radius 2 is 1.85 bits per heavy atom. The number of allylic oxidation sites excluding steroid dienone is 1. The van der Waals surface area contributed by atoms with Crippen molar-refractivity contribution in [1.82, 2.24) is 16.0 Å². The molecule has 3 rings (SSSR count). The van der Waals surface area contributed by atoms with Gasteiger partial charge in [-0.1, -0.05) is 24.3 Å². The predicted octanol–water partition coefficient (Wildman–Crippen LogP) is 2.65. The van der Waals surface area contributed by atoms with Crippen molar-refractivity contribution < 1.29 is 37.4 Å². The number of hydrogen-bond donors (Lipinski definition) is 4. The summed E-state index contributed by atoms with van der Waals surface area (Å²) in [6, 6.07) is 7.06. The number of benzene rings is 1. The van der Waals surface area contributed by atoms with E-state index < -0.39 is 17.6 Å². The normalized spacial score (nSPS) is 25.1. The molecule has 1 unspecified atom stereocenters. The van der Waals surface area contributed by atoms with E-state index in [0.29, 0.717) is 30.9 Å². The molecule has 1 saturated heterocycles. The van der Waals surface area contributed by atoms with Crippen LogP contribution in [0.3, 0.4) is 0 Å². The van der Waals surface area contributed by atoms with E-state index in [9.17, 15) is 22.8 Å². The summed E-state index contributed by atoms with van der Waals surface area (Å²) in [6.07, 6.45) is 2.26. The summed E-state index contributed by atoms with van der Waals surface area (Å²) in [4.78, 5) is 34.5. The highest BCUT2D eigenvalue weighted by Gasteiger charge is 2.38. The highest BCUT2D eigenvalue weighted by Crippen LogP contribution is 2.34. The molecule has 0 radical (unpaired) electrons. The number of carbonyl (C=O) groups is 3. The number of carbonyl (C=O) groups excluding carboxylic acids is 2. The lowest BCUT2D eigenvalue weighted by atomic mass is 9.76. The van der Waals surface area contributed by atoms with E-state index in [1.54, 1.807) is 12.1 Å². The molecule has 1 aromatic rings. The SMILES string of the molecule is C[C@H]1CNC(=O)C2(C/C=C/COc3ccccc3C(=O)N1)CCCNCC2.O=C(O)C(F)(F)F. The second-order valence-electron chi connectivity index (χ2n) is 8.25. The lowest BCUT2D eigenvalue weighted by Gasteiger charge is -2.31. The number of rotatable bonds is 0. The molecule has 1 fully saturated rings. The molecule has 188 valence electrons. The Morgan fingerprint density at radius 3 is 2.56 bits per heavy atom. The molecule has 2 amide bonds. The topological polar surface area (TPSA) is 117 Å². The van der Waals surface area contributed by atoms with Gasteiger partial charge in [0, 0.05) is 12.6 Å². The maximum Gasteiger partial charge on any atom is 0.490 e. The molecule has 0 bridgehead atoms. The predicted molar refractivity (Wildman–Crippen MR) is 118 cm³/mol. The molecule has 0 aliphatic carbocycles. The first-order chi connectivity index (χ1) is 16.0. The Labute approximate surface area is 195 Å². The van der Waals surface area contributed by atoms with Crippen molar-refractivity contribution >= 4 is 17.8 Å². The summed E-state index contributed by atoms with van der Waals surface area (Å²) in [5.41, 5.74) is 0.110. The van der Waals surface area contributed by atoms with Gasteiger partial charge in [-0.3, -0.25) is 9.59 Å². The number of alkyl halides is 3. The second kappa shape index (κ2) is 12.4. The van der Waals surface area contributed by atoms with Gasteiger partial charge in [-0.2, -0.15) is 13.2 Å². The third-order valence-corrected chi connectivity index (χ3v) is 5.60. The van der Waals surface area contributed by atoms with Gasteiger partial charge in [0.15, 0.2) is 0 Å². The minimum Gasteiger partial charge on any atom is -0.489 e. The van der Waals surface area contributed by atoms with Crippen molar-refractivity contribution in [2.24, 2.45) is 5.41 Å². The molecule has 2 atom stereocenters. The largest absolute Gasteiger partial charge is 0.490 e.